The summed E-state index contributed by atoms with van der Waals surface area (Å²) in [5.41, 5.74) is 0.277. The van der Waals surface area contributed by atoms with Gasteiger partial charge in [-0.05, 0) is 46.6 Å². The zero-order valence-corrected chi connectivity index (χ0v) is 14.6. The van der Waals surface area contributed by atoms with Gasteiger partial charge in [0, 0.05) is 5.30 Å². The highest BCUT2D eigenvalue weighted by Gasteiger charge is 2.50. The molecule has 0 amide bonds. The van der Waals surface area contributed by atoms with Crippen molar-refractivity contribution >= 4 is 25.6 Å². The smallest absolute Gasteiger partial charge is 0.400 e. The molecule has 1 saturated heterocycles. The van der Waals surface area contributed by atoms with Crippen LogP contribution in [0.4, 0.5) is 0 Å². The van der Waals surface area contributed by atoms with Crippen LogP contribution in [-0.4, -0.2) is 31.7 Å². The van der Waals surface area contributed by atoms with E-state index in [9.17, 15) is 4.57 Å². The van der Waals surface area contributed by atoms with Gasteiger partial charge in [0.2, 0.25) is 0 Å². The van der Waals surface area contributed by atoms with Crippen molar-refractivity contribution in [2.45, 2.75) is 38.9 Å². The van der Waals surface area contributed by atoms with Crippen LogP contribution in [-0.2, 0) is 13.9 Å². The van der Waals surface area contributed by atoms with Gasteiger partial charge in [-0.25, -0.2) is 0 Å². The van der Waals surface area contributed by atoms with Crippen LogP contribution in [0, 0.1) is 0 Å². The molecule has 1 heterocycles. The first-order valence-corrected chi connectivity index (χ1v) is 9.81. The van der Waals surface area contributed by atoms with Gasteiger partial charge >= 0.3 is 7.12 Å². The maximum atomic E-state index is 12.3. The molecule has 0 unspecified atom stereocenters. The second kappa shape index (κ2) is 5.42. The van der Waals surface area contributed by atoms with E-state index in [-0.39, 0.29) is 18.3 Å². The molecule has 114 valence electrons. The third-order valence-electron chi connectivity index (χ3n) is 4.22. The van der Waals surface area contributed by atoms with Crippen LogP contribution in [0.1, 0.15) is 33.3 Å². The molecule has 1 aromatic rings. The fourth-order valence-electron chi connectivity index (χ4n) is 2.27. The minimum atomic E-state index is -2.30. The molecule has 0 N–H and O–H groups in total. The van der Waals surface area contributed by atoms with E-state index >= 15 is 0 Å². The topological polar surface area (TPSA) is 35.5 Å². The second-order valence-corrected chi connectivity index (χ2v) is 10.1. The zero-order chi connectivity index (χ0) is 15.9. The van der Waals surface area contributed by atoms with Crippen molar-refractivity contribution in [1.29, 1.82) is 0 Å². The minimum Gasteiger partial charge on any atom is -0.400 e. The van der Waals surface area contributed by atoms with Gasteiger partial charge in [-0.1, -0.05) is 36.3 Å². The van der Waals surface area contributed by atoms with Gasteiger partial charge in [0.1, 0.15) is 7.14 Å². The van der Waals surface area contributed by atoms with E-state index in [0.29, 0.717) is 0 Å². The Bertz CT molecular complexity index is 585. The van der Waals surface area contributed by atoms with Gasteiger partial charge < -0.3 is 13.9 Å². The fraction of sp³-hybridized carbons (Fsp3) is 0.500. The number of rotatable bonds is 3. The Kier molecular flexibility index (Phi) is 4.27. The van der Waals surface area contributed by atoms with E-state index < -0.39 is 7.14 Å². The Morgan fingerprint density at radius 2 is 1.57 bits per heavy atom. The van der Waals surface area contributed by atoms with Crippen molar-refractivity contribution < 1.29 is 13.9 Å². The molecular weight excluding hydrogens is 282 g/mol. The molecule has 0 bridgehead atoms. The van der Waals surface area contributed by atoms with E-state index in [2.05, 4.69) is 0 Å². The normalized spacial score (nSPS) is 21.1. The summed E-state index contributed by atoms with van der Waals surface area (Å²) in [4.78, 5) is 0. The highest BCUT2D eigenvalue weighted by Crippen LogP contribution is 2.38. The predicted octanol–water partition coefficient (Wildman–Crippen LogP) is 3.58. The van der Waals surface area contributed by atoms with Crippen LogP contribution in [0.25, 0.3) is 6.08 Å². The third kappa shape index (κ3) is 3.50. The fourth-order valence-corrected chi connectivity index (χ4v) is 3.48. The molecule has 3 nitrogen and oxygen atoms in total. The summed E-state index contributed by atoms with van der Waals surface area (Å²) in [6, 6.07) is 7.76. The van der Waals surface area contributed by atoms with Crippen molar-refractivity contribution in [2.75, 3.05) is 13.3 Å². The Labute approximate surface area is 128 Å². The molecule has 1 aliphatic heterocycles. The summed E-state index contributed by atoms with van der Waals surface area (Å²) in [5, 5.41) is 0.887. The number of hydrogen-bond donors (Lipinski definition) is 0. The van der Waals surface area contributed by atoms with Crippen molar-refractivity contribution in [1.82, 2.24) is 0 Å². The largest absolute Gasteiger partial charge is 0.487 e. The molecule has 5 heteroatoms. The average Bonchev–Trinajstić information content (AvgIpc) is 2.54. The quantitative estimate of drug-likeness (QED) is 0.632. The summed E-state index contributed by atoms with van der Waals surface area (Å²) >= 11 is 0. The molecule has 0 aliphatic carbocycles. The lowest BCUT2D eigenvalue weighted by molar-refractivity contribution is 0.00578. The van der Waals surface area contributed by atoms with Crippen LogP contribution in [0.2, 0.25) is 0 Å². The predicted molar refractivity (Wildman–Crippen MR) is 90.6 cm³/mol. The maximum Gasteiger partial charge on any atom is 0.487 e. The lowest BCUT2D eigenvalue weighted by Gasteiger charge is -2.32. The van der Waals surface area contributed by atoms with Gasteiger partial charge in [0.05, 0.1) is 11.2 Å². The SMILES string of the molecule is CC1(C)OB(/C=C/c2ccccc2P(C)(C)=O)OC1(C)C. The Morgan fingerprint density at radius 1 is 1.05 bits per heavy atom. The average molecular weight is 306 g/mol. The van der Waals surface area contributed by atoms with E-state index in [1.165, 1.54) is 0 Å². The van der Waals surface area contributed by atoms with Gasteiger partial charge in [-0.3, -0.25) is 0 Å². The van der Waals surface area contributed by atoms with Gasteiger partial charge in [0.25, 0.3) is 0 Å². The first-order valence-electron chi connectivity index (χ1n) is 7.21. The molecule has 0 aromatic heterocycles. The van der Waals surface area contributed by atoms with Crippen molar-refractivity contribution in [3.63, 3.8) is 0 Å². The Morgan fingerprint density at radius 3 is 2.10 bits per heavy atom. The Hall–Kier alpha value is -0.825. The van der Waals surface area contributed by atoms with Crippen molar-refractivity contribution in [3.8, 4) is 0 Å². The highest BCUT2D eigenvalue weighted by atomic mass is 31.2. The van der Waals surface area contributed by atoms with Crippen molar-refractivity contribution in [3.05, 3.63) is 35.8 Å². The van der Waals surface area contributed by atoms with Gasteiger partial charge in [-0.2, -0.15) is 0 Å². The van der Waals surface area contributed by atoms with Gasteiger partial charge in [0.15, 0.2) is 0 Å². The third-order valence-corrected chi connectivity index (χ3v) is 5.79. The zero-order valence-electron chi connectivity index (χ0n) is 13.7. The Balaban J connectivity index is 2.23. The lowest BCUT2D eigenvalue weighted by Crippen LogP contribution is -2.41. The van der Waals surface area contributed by atoms with Crippen LogP contribution in [0.5, 0.6) is 0 Å². The molecule has 0 saturated carbocycles. The summed E-state index contributed by atoms with van der Waals surface area (Å²) in [6.45, 7) is 11.7. The van der Waals surface area contributed by atoms with Crippen molar-refractivity contribution in [2.24, 2.45) is 0 Å². The van der Waals surface area contributed by atoms with Crippen LogP contribution in [0.15, 0.2) is 30.2 Å². The van der Waals surface area contributed by atoms with E-state index in [4.69, 9.17) is 9.31 Å². The highest BCUT2D eigenvalue weighted by molar-refractivity contribution is 7.70. The standard InChI is InChI=1S/C16H24BO3P/c1-15(2)16(3,4)20-17(19-15)12-11-13-9-7-8-10-14(13)21(5,6)18/h7-12H,1-6H3/b12-11+. The first kappa shape index (κ1) is 16.5. The summed E-state index contributed by atoms with van der Waals surface area (Å²) in [6.07, 6.45) is 1.94. The maximum absolute atomic E-state index is 12.3. The van der Waals surface area contributed by atoms with Gasteiger partial charge in [-0.15, -0.1) is 0 Å². The molecule has 0 atom stereocenters. The number of benzene rings is 1. The van der Waals surface area contributed by atoms with E-state index in [1.807, 2.05) is 64.0 Å². The van der Waals surface area contributed by atoms with Crippen LogP contribution >= 0.6 is 7.14 Å². The van der Waals surface area contributed by atoms with E-state index in [1.54, 1.807) is 13.3 Å². The molecule has 0 spiro atoms. The minimum absolute atomic E-state index is 0.341. The molecule has 1 fully saturated rings. The summed E-state index contributed by atoms with van der Waals surface area (Å²) in [5.74, 6) is 1.89. The van der Waals surface area contributed by atoms with Crippen LogP contribution in [0.3, 0.4) is 0 Å². The van der Waals surface area contributed by atoms with Crippen LogP contribution < -0.4 is 5.30 Å². The summed E-state index contributed by atoms with van der Waals surface area (Å²) in [7, 11) is -2.68. The lowest BCUT2D eigenvalue weighted by atomic mass is 9.89. The molecule has 1 aliphatic rings. The molecule has 2 rings (SSSR count). The molecule has 21 heavy (non-hydrogen) atoms. The molecule has 1 aromatic carbocycles. The van der Waals surface area contributed by atoms with E-state index in [0.717, 1.165) is 10.9 Å². The first-order chi connectivity index (χ1) is 9.53. The number of hydrogen-bond acceptors (Lipinski definition) is 3. The second-order valence-electron chi connectivity index (χ2n) is 6.89. The summed E-state index contributed by atoms with van der Waals surface area (Å²) < 4.78 is 24.2. The monoisotopic (exact) mass is 306 g/mol. The molecule has 0 radical (unpaired) electrons. The molecular formula is C16H24BO3P.